The quantitative estimate of drug-likeness (QED) is 0.624. The van der Waals surface area contributed by atoms with Gasteiger partial charge < -0.3 is 5.11 Å². The maximum absolute atomic E-state index is 11.1. The van der Waals surface area contributed by atoms with Crippen molar-refractivity contribution in [3.05, 3.63) is 23.4 Å². The Morgan fingerprint density at radius 1 is 1.55 bits per heavy atom. The molecule has 1 unspecified atom stereocenters. The second kappa shape index (κ2) is 2.17. The van der Waals surface area contributed by atoms with Gasteiger partial charge in [0.25, 0.3) is 0 Å². The smallest absolute Gasteiger partial charge is 0.135 e. The molecule has 1 aromatic heterocycles. The third kappa shape index (κ3) is 0.952. The molecule has 56 valence electrons. The van der Waals surface area contributed by atoms with E-state index in [1.54, 1.807) is 11.5 Å². The maximum Gasteiger partial charge on any atom is 0.135 e. The van der Waals surface area contributed by atoms with E-state index >= 15 is 0 Å². The lowest BCUT2D eigenvalue weighted by atomic mass is 10.3. The van der Waals surface area contributed by atoms with Crippen LogP contribution in [-0.2, 0) is 10.8 Å². The molecule has 1 aromatic rings. The minimum Gasteiger partial charge on any atom is -0.506 e. The predicted octanol–water partition coefficient (Wildman–Crippen LogP) is 0.879. The monoisotopic (exact) mass is 167 g/mol. The molecular formula is C7H5NO2S. The molecule has 2 heterocycles. The van der Waals surface area contributed by atoms with Crippen molar-refractivity contribution >= 4 is 16.9 Å². The number of aromatic hydroxyl groups is 1. The van der Waals surface area contributed by atoms with Crippen molar-refractivity contribution in [2.24, 2.45) is 0 Å². The molecule has 3 nitrogen and oxygen atoms in total. The van der Waals surface area contributed by atoms with Gasteiger partial charge in [0.2, 0.25) is 0 Å². The lowest BCUT2D eigenvalue weighted by Crippen LogP contribution is -1.86. The standard InChI is InChI=1S/C7H5NO2S/c9-5-3-7-6(8-4-5)1-2-11(7)10/h1-4,9H. The van der Waals surface area contributed by atoms with Crippen LogP contribution in [0.2, 0.25) is 0 Å². The van der Waals surface area contributed by atoms with Crippen molar-refractivity contribution in [1.29, 1.82) is 0 Å². The SMILES string of the molecule is O=S1C=Cc2ncc(O)cc21. The van der Waals surface area contributed by atoms with Crippen LogP contribution in [0, 0.1) is 0 Å². The van der Waals surface area contributed by atoms with Crippen molar-refractivity contribution in [2.75, 3.05) is 0 Å². The summed E-state index contributed by atoms with van der Waals surface area (Å²) in [5.74, 6) is 0.0563. The summed E-state index contributed by atoms with van der Waals surface area (Å²) in [5.41, 5.74) is 0.682. The first kappa shape index (κ1) is 6.54. The maximum atomic E-state index is 11.1. The number of hydrogen-bond acceptors (Lipinski definition) is 3. The van der Waals surface area contributed by atoms with Gasteiger partial charge in [0.15, 0.2) is 0 Å². The van der Waals surface area contributed by atoms with Gasteiger partial charge >= 0.3 is 0 Å². The molecule has 0 saturated heterocycles. The summed E-state index contributed by atoms with van der Waals surface area (Å²) in [7, 11) is -1.11. The molecule has 0 spiro atoms. The van der Waals surface area contributed by atoms with Crippen molar-refractivity contribution in [1.82, 2.24) is 4.98 Å². The number of hydrogen-bond donors (Lipinski definition) is 1. The van der Waals surface area contributed by atoms with Crippen LogP contribution in [0.4, 0.5) is 0 Å². The molecule has 0 radical (unpaired) electrons. The lowest BCUT2D eigenvalue weighted by Gasteiger charge is -1.95. The van der Waals surface area contributed by atoms with Crippen LogP contribution in [0.1, 0.15) is 5.69 Å². The highest BCUT2D eigenvalue weighted by Gasteiger charge is 2.13. The minimum atomic E-state index is -1.11. The van der Waals surface area contributed by atoms with E-state index in [-0.39, 0.29) is 5.75 Å². The second-order valence-electron chi connectivity index (χ2n) is 2.18. The topological polar surface area (TPSA) is 50.2 Å². The zero-order valence-corrected chi connectivity index (χ0v) is 6.34. The Bertz CT molecular complexity index is 359. The van der Waals surface area contributed by atoms with E-state index in [1.165, 1.54) is 12.3 Å². The van der Waals surface area contributed by atoms with Crippen molar-refractivity contribution < 1.29 is 9.32 Å². The van der Waals surface area contributed by atoms with Gasteiger partial charge in [0.1, 0.15) is 5.75 Å². The van der Waals surface area contributed by atoms with E-state index in [4.69, 9.17) is 5.11 Å². The molecule has 1 N–H and O–H groups in total. The number of pyridine rings is 1. The van der Waals surface area contributed by atoms with E-state index < -0.39 is 10.8 Å². The molecule has 1 aliphatic heterocycles. The van der Waals surface area contributed by atoms with Crippen LogP contribution in [0.25, 0.3) is 6.08 Å². The fraction of sp³-hybridized carbons (Fsp3) is 0. The Balaban J connectivity index is 2.67. The number of aromatic nitrogens is 1. The Hall–Kier alpha value is -1.16. The van der Waals surface area contributed by atoms with Gasteiger partial charge in [-0.3, -0.25) is 4.98 Å². The number of nitrogens with zero attached hydrogens (tertiary/aromatic N) is 1. The summed E-state index contributed by atoms with van der Waals surface area (Å²) in [5, 5.41) is 10.5. The van der Waals surface area contributed by atoms with E-state index in [2.05, 4.69) is 4.98 Å². The molecule has 1 atom stereocenters. The summed E-state index contributed by atoms with van der Waals surface area (Å²) in [6.07, 6.45) is 3.02. The van der Waals surface area contributed by atoms with Crippen LogP contribution >= 0.6 is 0 Å². The predicted molar refractivity (Wildman–Crippen MR) is 41.3 cm³/mol. The van der Waals surface area contributed by atoms with E-state index in [9.17, 15) is 4.21 Å². The first-order valence-electron chi connectivity index (χ1n) is 3.05. The summed E-state index contributed by atoms with van der Waals surface area (Å²) in [6, 6.07) is 1.47. The first-order valence-corrected chi connectivity index (χ1v) is 4.26. The van der Waals surface area contributed by atoms with Gasteiger partial charge in [-0.1, -0.05) is 0 Å². The molecular weight excluding hydrogens is 162 g/mol. The third-order valence-corrected chi connectivity index (χ3v) is 2.58. The molecule has 0 amide bonds. The Labute approximate surface area is 65.9 Å². The van der Waals surface area contributed by atoms with E-state index in [1.807, 2.05) is 0 Å². The fourth-order valence-electron chi connectivity index (χ4n) is 0.931. The van der Waals surface area contributed by atoms with Crippen molar-refractivity contribution in [2.45, 2.75) is 4.90 Å². The van der Waals surface area contributed by atoms with Crippen LogP contribution in [0.15, 0.2) is 22.6 Å². The summed E-state index contributed by atoms with van der Waals surface area (Å²) in [6.45, 7) is 0. The fourth-order valence-corrected chi connectivity index (χ4v) is 1.89. The summed E-state index contributed by atoms with van der Waals surface area (Å²) in [4.78, 5) is 4.47. The van der Waals surface area contributed by atoms with Crippen LogP contribution in [-0.4, -0.2) is 14.3 Å². The Morgan fingerprint density at radius 3 is 3.18 bits per heavy atom. The van der Waals surface area contributed by atoms with Gasteiger partial charge in [-0.2, -0.15) is 0 Å². The average Bonchev–Trinajstić information content (AvgIpc) is 2.33. The van der Waals surface area contributed by atoms with Gasteiger partial charge in [-0.25, -0.2) is 4.21 Å². The highest BCUT2D eigenvalue weighted by atomic mass is 32.2. The molecule has 4 heteroatoms. The van der Waals surface area contributed by atoms with E-state index in [0.29, 0.717) is 10.6 Å². The van der Waals surface area contributed by atoms with Gasteiger partial charge in [-0.15, -0.1) is 0 Å². The molecule has 0 bridgehead atoms. The molecule has 1 aliphatic rings. The highest BCUT2D eigenvalue weighted by molar-refractivity contribution is 7.88. The molecule has 0 fully saturated rings. The van der Waals surface area contributed by atoms with Crippen LogP contribution in [0.3, 0.4) is 0 Å². The number of fused-ring (bicyclic) bond motifs is 1. The van der Waals surface area contributed by atoms with E-state index in [0.717, 1.165) is 0 Å². The third-order valence-electron chi connectivity index (χ3n) is 1.43. The molecule has 11 heavy (non-hydrogen) atoms. The molecule has 0 aromatic carbocycles. The lowest BCUT2D eigenvalue weighted by molar-refractivity contribution is 0.470. The van der Waals surface area contributed by atoms with Crippen molar-refractivity contribution in [3.63, 3.8) is 0 Å². The Kier molecular flexibility index (Phi) is 1.29. The van der Waals surface area contributed by atoms with Gasteiger partial charge in [0.05, 0.1) is 27.6 Å². The molecule has 0 saturated carbocycles. The van der Waals surface area contributed by atoms with Crippen LogP contribution < -0.4 is 0 Å². The normalized spacial score (nSPS) is 20.2. The minimum absolute atomic E-state index is 0.0563. The summed E-state index contributed by atoms with van der Waals surface area (Å²) >= 11 is 0. The second-order valence-corrected chi connectivity index (χ2v) is 3.48. The van der Waals surface area contributed by atoms with Gasteiger partial charge in [0, 0.05) is 11.5 Å². The first-order chi connectivity index (χ1) is 5.27. The number of rotatable bonds is 0. The average molecular weight is 167 g/mol. The van der Waals surface area contributed by atoms with Crippen molar-refractivity contribution in [3.8, 4) is 5.75 Å². The summed E-state index contributed by atoms with van der Waals surface area (Å²) < 4.78 is 11.1. The molecule has 0 aliphatic carbocycles. The zero-order chi connectivity index (χ0) is 7.84. The van der Waals surface area contributed by atoms with Crippen LogP contribution in [0.5, 0.6) is 5.75 Å². The Morgan fingerprint density at radius 2 is 2.36 bits per heavy atom. The zero-order valence-electron chi connectivity index (χ0n) is 5.52. The highest BCUT2D eigenvalue weighted by Crippen LogP contribution is 2.24. The van der Waals surface area contributed by atoms with Gasteiger partial charge in [-0.05, 0) is 6.08 Å². The molecule has 2 rings (SSSR count). The largest absolute Gasteiger partial charge is 0.506 e.